The van der Waals surface area contributed by atoms with Crippen LogP contribution in [0.3, 0.4) is 0 Å². The average Bonchev–Trinajstić information content (AvgIpc) is 3.29. The fourth-order valence-corrected chi connectivity index (χ4v) is 4.74. The summed E-state index contributed by atoms with van der Waals surface area (Å²) < 4.78 is 0.878. The zero-order valence-electron chi connectivity index (χ0n) is 17.8. The normalized spacial score (nSPS) is 18.8. The minimum atomic E-state index is -0.339. The summed E-state index contributed by atoms with van der Waals surface area (Å²) in [6, 6.07) is 19.4. The lowest BCUT2D eigenvalue weighted by atomic mass is 10.1. The van der Waals surface area contributed by atoms with Gasteiger partial charge in [0, 0.05) is 10.0 Å². The van der Waals surface area contributed by atoms with E-state index in [-0.39, 0.29) is 23.3 Å². The minimum absolute atomic E-state index is 0.146. The van der Waals surface area contributed by atoms with Crippen molar-refractivity contribution in [2.45, 2.75) is 6.92 Å². The van der Waals surface area contributed by atoms with Gasteiger partial charge < -0.3 is 10.4 Å². The molecule has 0 radical (unpaired) electrons. The lowest BCUT2D eigenvalue weighted by Crippen LogP contribution is -2.28. The molecule has 0 aliphatic carbocycles. The van der Waals surface area contributed by atoms with Crippen LogP contribution in [0.2, 0.25) is 0 Å². The second kappa shape index (κ2) is 8.92. The highest BCUT2D eigenvalue weighted by Gasteiger charge is 2.35. The van der Waals surface area contributed by atoms with Crippen LogP contribution in [0.1, 0.15) is 16.7 Å². The maximum absolute atomic E-state index is 13.3. The van der Waals surface area contributed by atoms with Crippen LogP contribution in [0.25, 0.3) is 6.08 Å². The van der Waals surface area contributed by atoms with Gasteiger partial charge in [0.15, 0.2) is 5.71 Å². The highest BCUT2D eigenvalue weighted by molar-refractivity contribution is 9.10. The first-order chi connectivity index (χ1) is 16.4. The zero-order valence-corrected chi connectivity index (χ0v) is 20.2. The first-order valence-corrected chi connectivity index (χ1v) is 11.9. The number of thioether (sulfide) groups is 1. The van der Waals surface area contributed by atoms with Crippen molar-refractivity contribution in [2.24, 2.45) is 10.2 Å². The highest BCUT2D eigenvalue weighted by Crippen LogP contribution is 2.37. The van der Waals surface area contributed by atoms with Crippen molar-refractivity contribution in [1.82, 2.24) is 0 Å². The van der Waals surface area contributed by atoms with Crippen molar-refractivity contribution in [2.75, 3.05) is 10.2 Å². The van der Waals surface area contributed by atoms with Gasteiger partial charge in [-0.3, -0.25) is 14.5 Å². The summed E-state index contributed by atoms with van der Waals surface area (Å²) in [6.45, 7) is 1.94. The molecule has 0 bridgehead atoms. The van der Waals surface area contributed by atoms with E-state index < -0.39 is 0 Å². The molecule has 168 valence electrons. The molecule has 0 spiro atoms. The highest BCUT2D eigenvalue weighted by atomic mass is 79.9. The molecule has 3 aromatic rings. The number of phenols is 1. The van der Waals surface area contributed by atoms with Crippen LogP contribution >= 0.6 is 27.7 Å². The molecule has 2 N–H and O–H groups in total. The van der Waals surface area contributed by atoms with E-state index in [0.29, 0.717) is 27.0 Å². The molecule has 2 aliphatic heterocycles. The number of benzene rings is 3. The number of carbonyl (C=O) groups is 2. The summed E-state index contributed by atoms with van der Waals surface area (Å²) >= 11 is 4.58. The van der Waals surface area contributed by atoms with E-state index in [1.165, 1.54) is 16.7 Å². The third-order valence-electron chi connectivity index (χ3n) is 5.21. The van der Waals surface area contributed by atoms with Gasteiger partial charge in [-0.25, -0.2) is 0 Å². The van der Waals surface area contributed by atoms with E-state index in [0.717, 1.165) is 15.6 Å². The molecule has 7 nitrogen and oxygen atoms in total. The second-order valence-corrected chi connectivity index (χ2v) is 9.58. The van der Waals surface area contributed by atoms with Crippen molar-refractivity contribution in [3.05, 3.63) is 92.8 Å². The zero-order chi connectivity index (χ0) is 23.8. The van der Waals surface area contributed by atoms with Gasteiger partial charge in [0.1, 0.15) is 5.75 Å². The van der Waals surface area contributed by atoms with Gasteiger partial charge in [-0.2, -0.15) is 0 Å². The Morgan fingerprint density at radius 2 is 1.74 bits per heavy atom. The molecular weight excluding hydrogens is 516 g/mol. The monoisotopic (exact) mass is 532 g/mol. The van der Waals surface area contributed by atoms with Gasteiger partial charge in [0.2, 0.25) is 5.17 Å². The van der Waals surface area contributed by atoms with Crippen molar-refractivity contribution < 1.29 is 14.7 Å². The number of nitrogens with one attached hydrogen (secondary N) is 1. The number of rotatable bonds is 3. The van der Waals surface area contributed by atoms with Crippen LogP contribution in [0, 0.1) is 6.92 Å². The Balaban J connectivity index is 1.57. The Kier molecular flexibility index (Phi) is 5.80. The largest absolute Gasteiger partial charge is 0.508 e. The summed E-state index contributed by atoms with van der Waals surface area (Å²) in [5.41, 5.74) is 3.95. The second-order valence-electron chi connectivity index (χ2n) is 7.65. The van der Waals surface area contributed by atoms with E-state index in [4.69, 9.17) is 0 Å². The molecule has 2 aliphatic rings. The summed E-state index contributed by atoms with van der Waals surface area (Å²) in [5.74, 6) is -0.451. The Bertz CT molecular complexity index is 1410. The van der Waals surface area contributed by atoms with Gasteiger partial charge in [-0.1, -0.05) is 39.7 Å². The molecule has 3 aromatic carbocycles. The number of hydrogen-bond donors (Lipinski definition) is 2. The van der Waals surface area contributed by atoms with Crippen LogP contribution in [-0.2, 0) is 9.59 Å². The maximum Gasteiger partial charge on any atom is 0.276 e. The van der Waals surface area contributed by atoms with E-state index in [9.17, 15) is 14.7 Å². The summed E-state index contributed by atoms with van der Waals surface area (Å²) in [6.07, 6.45) is 1.73. The van der Waals surface area contributed by atoms with Crippen LogP contribution in [0.4, 0.5) is 11.4 Å². The maximum atomic E-state index is 13.3. The molecule has 34 heavy (non-hydrogen) atoms. The Labute approximate surface area is 208 Å². The quantitative estimate of drug-likeness (QED) is 0.353. The van der Waals surface area contributed by atoms with Crippen LogP contribution < -0.4 is 10.2 Å². The van der Waals surface area contributed by atoms with Gasteiger partial charge in [0.05, 0.1) is 16.3 Å². The van der Waals surface area contributed by atoms with Gasteiger partial charge in [-0.05, 0) is 78.9 Å². The number of phenolic OH excluding ortho intramolecular Hbond substituents is 1. The fourth-order valence-electron chi connectivity index (χ4n) is 3.54. The molecule has 1 saturated heterocycles. The van der Waals surface area contributed by atoms with Gasteiger partial charge in [0.25, 0.3) is 11.8 Å². The number of nitrogens with zero attached hydrogens (tertiary/aromatic N) is 3. The number of amides is 2. The number of aromatic hydroxyl groups is 1. The Morgan fingerprint density at radius 3 is 2.47 bits per heavy atom. The molecular formula is C25H17BrN4O3S. The minimum Gasteiger partial charge on any atom is -0.508 e. The number of aryl methyl sites for hydroxylation is 1. The van der Waals surface area contributed by atoms with Crippen molar-refractivity contribution in [3.63, 3.8) is 0 Å². The summed E-state index contributed by atoms with van der Waals surface area (Å²) in [7, 11) is 0. The number of anilines is 2. The van der Waals surface area contributed by atoms with Crippen LogP contribution in [0.5, 0.6) is 5.75 Å². The lowest BCUT2D eigenvalue weighted by molar-refractivity contribution is -0.113. The first-order valence-electron chi connectivity index (χ1n) is 10.3. The third-order valence-corrected chi connectivity index (χ3v) is 6.70. The molecule has 0 aromatic heterocycles. The van der Waals surface area contributed by atoms with E-state index in [1.54, 1.807) is 42.5 Å². The summed E-state index contributed by atoms with van der Waals surface area (Å²) in [4.78, 5) is 27.8. The average molecular weight is 533 g/mol. The standard InChI is InChI=1S/C25H17BrN4O3S/c1-14-2-11-20-19(12-14)22(23(32)27-20)28-29-25-30(17-7-5-16(26)6-8-17)24(33)21(34-25)13-15-3-9-18(31)10-4-15/h2-13,31H,1H3,(H,27,28,32). The Hall–Kier alpha value is -3.69. The van der Waals surface area contributed by atoms with Gasteiger partial charge >= 0.3 is 0 Å². The van der Waals surface area contributed by atoms with E-state index >= 15 is 0 Å². The van der Waals surface area contributed by atoms with Crippen molar-refractivity contribution >= 4 is 67.8 Å². The molecule has 0 atom stereocenters. The molecule has 9 heteroatoms. The SMILES string of the molecule is Cc1ccc2c(c1)C(=NN=C1SC(=Cc3ccc(O)cc3)C(=O)N1c1ccc(Br)cc1)C(=O)N2. The number of carbonyl (C=O) groups excluding carboxylic acids is 2. The predicted octanol–water partition coefficient (Wildman–Crippen LogP) is 5.30. The number of fused-ring (bicyclic) bond motifs is 1. The Morgan fingerprint density at radius 1 is 1.00 bits per heavy atom. The third kappa shape index (κ3) is 4.27. The number of amidine groups is 1. The summed E-state index contributed by atoms with van der Waals surface area (Å²) in [5, 5.41) is 21.3. The first kappa shape index (κ1) is 22.1. The molecule has 2 heterocycles. The topological polar surface area (TPSA) is 94.4 Å². The van der Waals surface area contributed by atoms with E-state index in [2.05, 4.69) is 31.4 Å². The van der Waals surface area contributed by atoms with Crippen LogP contribution in [0.15, 0.2) is 86.3 Å². The smallest absolute Gasteiger partial charge is 0.276 e. The molecule has 5 rings (SSSR count). The number of hydrogen-bond acceptors (Lipinski definition) is 6. The predicted molar refractivity (Wildman–Crippen MR) is 139 cm³/mol. The lowest BCUT2D eigenvalue weighted by Gasteiger charge is -2.14. The number of halogens is 1. The fraction of sp³-hybridized carbons (Fsp3) is 0.0400. The molecule has 2 amide bonds. The van der Waals surface area contributed by atoms with Crippen molar-refractivity contribution in [3.8, 4) is 5.75 Å². The molecule has 0 unspecified atom stereocenters. The molecule has 1 fully saturated rings. The molecule has 0 saturated carbocycles. The van der Waals surface area contributed by atoms with Crippen molar-refractivity contribution in [1.29, 1.82) is 0 Å². The van der Waals surface area contributed by atoms with Gasteiger partial charge in [-0.15, -0.1) is 10.2 Å². The van der Waals surface area contributed by atoms with E-state index in [1.807, 2.05) is 37.3 Å². The van der Waals surface area contributed by atoms with Crippen LogP contribution in [-0.4, -0.2) is 27.8 Å².